The molecule has 1 aromatic carbocycles. The maximum absolute atomic E-state index is 6.26. The third-order valence-corrected chi connectivity index (χ3v) is 4.70. The number of rotatable bonds is 6. The van der Waals surface area contributed by atoms with Crippen LogP contribution >= 0.6 is 23.4 Å². The van der Waals surface area contributed by atoms with E-state index in [-0.39, 0.29) is 0 Å². The Morgan fingerprint density at radius 1 is 1.19 bits per heavy atom. The van der Waals surface area contributed by atoms with Crippen LogP contribution in [0.1, 0.15) is 30.2 Å². The van der Waals surface area contributed by atoms with Crippen LogP contribution in [0.5, 0.6) is 0 Å². The molecule has 21 heavy (non-hydrogen) atoms. The number of aryl methyl sites for hydroxylation is 2. The molecule has 0 spiro atoms. The van der Waals surface area contributed by atoms with Crippen molar-refractivity contribution in [2.75, 3.05) is 11.9 Å². The van der Waals surface area contributed by atoms with E-state index in [1.807, 2.05) is 12.1 Å². The Bertz CT molecular complexity index is 614. The highest BCUT2D eigenvalue weighted by atomic mass is 35.5. The van der Waals surface area contributed by atoms with E-state index in [4.69, 9.17) is 11.6 Å². The van der Waals surface area contributed by atoms with E-state index in [1.54, 1.807) is 11.8 Å². The molecule has 112 valence electrons. The molecular weight excluding hydrogens is 300 g/mol. The van der Waals surface area contributed by atoms with Crippen molar-refractivity contribution in [3.63, 3.8) is 0 Å². The summed E-state index contributed by atoms with van der Waals surface area (Å²) < 4.78 is 0. The highest BCUT2D eigenvalue weighted by molar-refractivity contribution is 7.98. The third kappa shape index (κ3) is 4.65. The molecule has 0 fully saturated rings. The van der Waals surface area contributed by atoms with Crippen LogP contribution in [0.4, 0.5) is 5.82 Å². The number of aromatic nitrogens is 1. The van der Waals surface area contributed by atoms with Crippen LogP contribution in [0.2, 0.25) is 5.02 Å². The van der Waals surface area contributed by atoms with Crippen LogP contribution in [-0.2, 0) is 5.75 Å². The van der Waals surface area contributed by atoms with Crippen molar-refractivity contribution >= 4 is 29.2 Å². The van der Waals surface area contributed by atoms with E-state index in [2.05, 4.69) is 49.3 Å². The van der Waals surface area contributed by atoms with Gasteiger partial charge < -0.3 is 5.32 Å². The molecule has 0 aliphatic heterocycles. The van der Waals surface area contributed by atoms with Gasteiger partial charge in [-0.3, -0.25) is 0 Å². The van der Waals surface area contributed by atoms with Crippen molar-refractivity contribution in [1.82, 2.24) is 4.98 Å². The van der Waals surface area contributed by atoms with E-state index in [1.165, 1.54) is 16.0 Å². The second-order valence-corrected chi connectivity index (χ2v) is 6.53. The van der Waals surface area contributed by atoms with Crippen molar-refractivity contribution in [2.45, 2.75) is 37.8 Å². The largest absolute Gasteiger partial charge is 0.370 e. The Morgan fingerprint density at radius 2 is 2.00 bits per heavy atom. The van der Waals surface area contributed by atoms with Gasteiger partial charge >= 0.3 is 0 Å². The third-order valence-electron chi connectivity index (χ3n) is 3.18. The molecule has 0 radical (unpaired) electrons. The average Bonchev–Trinajstić information content (AvgIpc) is 2.48. The zero-order valence-electron chi connectivity index (χ0n) is 12.7. The van der Waals surface area contributed by atoms with Crippen molar-refractivity contribution in [3.05, 3.63) is 52.2 Å². The number of halogens is 1. The molecule has 0 amide bonds. The van der Waals surface area contributed by atoms with Crippen molar-refractivity contribution in [1.29, 1.82) is 0 Å². The topological polar surface area (TPSA) is 24.9 Å². The van der Waals surface area contributed by atoms with Crippen molar-refractivity contribution in [2.24, 2.45) is 0 Å². The first kappa shape index (κ1) is 16.2. The van der Waals surface area contributed by atoms with Gasteiger partial charge in [-0.25, -0.2) is 4.98 Å². The van der Waals surface area contributed by atoms with Gasteiger partial charge in [0.25, 0.3) is 0 Å². The molecule has 0 aliphatic rings. The Balaban J connectivity index is 2.10. The van der Waals surface area contributed by atoms with Gasteiger partial charge in [-0.2, -0.15) is 0 Å². The number of nitrogens with one attached hydrogen (secondary N) is 1. The molecule has 1 N–H and O–H groups in total. The second kappa shape index (κ2) is 7.71. The van der Waals surface area contributed by atoms with E-state index in [0.717, 1.165) is 35.3 Å². The van der Waals surface area contributed by atoms with Gasteiger partial charge in [0.05, 0.1) is 10.7 Å². The van der Waals surface area contributed by atoms with E-state index in [0.29, 0.717) is 0 Å². The number of anilines is 1. The summed E-state index contributed by atoms with van der Waals surface area (Å²) in [5.41, 5.74) is 3.51. The predicted molar refractivity (Wildman–Crippen MR) is 93.5 cm³/mol. The number of hydrogen-bond donors (Lipinski definition) is 1. The Morgan fingerprint density at radius 3 is 2.76 bits per heavy atom. The summed E-state index contributed by atoms with van der Waals surface area (Å²) in [6.07, 6.45) is 1.08. The fourth-order valence-corrected chi connectivity index (χ4v) is 3.27. The molecule has 0 saturated heterocycles. The molecule has 4 heteroatoms. The van der Waals surface area contributed by atoms with Crippen LogP contribution in [0.25, 0.3) is 0 Å². The van der Waals surface area contributed by atoms with E-state index >= 15 is 0 Å². The molecular formula is C17H21ClN2S. The predicted octanol–water partition coefficient (Wildman–Crippen LogP) is 5.47. The summed E-state index contributed by atoms with van der Waals surface area (Å²) in [6, 6.07) is 10.4. The number of nitrogens with zero attached hydrogens (tertiary/aromatic N) is 1. The minimum Gasteiger partial charge on any atom is -0.370 e. The fourth-order valence-electron chi connectivity index (χ4n) is 1.95. The Hall–Kier alpha value is -1.19. The molecule has 0 unspecified atom stereocenters. The van der Waals surface area contributed by atoms with Gasteiger partial charge in [0.2, 0.25) is 0 Å². The summed E-state index contributed by atoms with van der Waals surface area (Å²) in [5.74, 6) is 1.68. The van der Waals surface area contributed by atoms with Crippen LogP contribution < -0.4 is 5.32 Å². The molecule has 0 bridgehead atoms. The summed E-state index contributed by atoms with van der Waals surface area (Å²) in [5, 5.41) is 4.03. The first-order valence-corrected chi connectivity index (χ1v) is 8.56. The van der Waals surface area contributed by atoms with Crippen LogP contribution in [-0.4, -0.2) is 11.5 Å². The standard InChI is InChI=1S/C17H21ClN2S/c1-4-9-19-17-8-7-14(18)15(20-17)11-21-16-10-12(2)5-6-13(16)3/h5-8,10H,4,9,11H2,1-3H3,(H,19,20). The summed E-state index contributed by atoms with van der Waals surface area (Å²) in [6.45, 7) is 7.32. The zero-order chi connectivity index (χ0) is 15.2. The summed E-state index contributed by atoms with van der Waals surface area (Å²) >= 11 is 8.05. The fraction of sp³-hybridized carbons (Fsp3) is 0.353. The van der Waals surface area contributed by atoms with Crippen LogP contribution in [0.3, 0.4) is 0 Å². The first-order chi connectivity index (χ1) is 10.1. The quantitative estimate of drug-likeness (QED) is 0.715. The molecule has 0 aliphatic carbocycles. The van der Waals surface area contributed by atoms with E-state index in [9.17, 15) is 0 Å². The number of benzene rings is 1. The van der Waals surface area contributed by atoms with Crippen molar-refractivity contribution in [3.8, 4) is 0 Å². The smallest absolute Gasteiger partial charge is 0.126 e. The molecule has 2 aromatic rings. The summed E-state index contributed by atoms with van der Waals surface area (Å²) in [7, 11) is 0. The lowest BCUT2D eigenvalue weighted by Gasteiger charge is -2.10. The molecule has 1 heterocycles. The molecule has 0 saturated carbocycles. The van der Waals surface area contributed by atoms with E-state index < -0.39 is 0 Å². The van der Waals surface area contributed by atoms with Gasteiger partial charge in [0.15, 0.2) is 0 Å². The minimum absolute atomic E-state index is 0.731. The lowest BCUT2D eigenvalue weighted by Crippen LogP contribution is -2.03. The molecule has 1 aromatic heterocycles. The maximum Gasteiger partial charge on any atom is 0.126 e. The SMILES string of the molecule is CCCNc1ccc(Cl)c(CSc2cc(C)ccc2C)n1. The minimum atomic E-state index is 0.731. The van der Waals surface area contributed by atoms with Gasteiger partial charge in [-0.15, -0.1) is 11.8 Å². The number of hydrogen-bond acceptors (Lipinski definition) is 3. The van der Waals surface area contributed by atoms with Gasteiger partial charge in [-0.05, 0) is 44.0 Å². The van der Waals surface area contributed by atoms with Gasteiger partial charge in [0.1, 0.15) is 5.82 Å². The molecule has 2 rings (SSSR count). The van der Waals surface area contributed by atoms with Crippen LogP contribution in [0, 0.1) is 13.8 Å². The average molecular weight is 321 g/mol. The monoisotopic (exact) mass is 320 g/mol. The highest BCUT2D eigenvalue weighted by Gasteiger charge is 2.07. The van der Waals surface area contributed by atoms with Gasteiger partial charge in [-0.1, -0.05) is 36.2 Å². The highest BCUT2D eigenvalue weighted by Crippen LogP contribution is 2.29. The number of thioether (sulfide) groups is 1. The van der Waals surface area contributed by atoms with Crippen molar-refractivity contribution < 1.29 is 0 Å². The lowest BCUT2D eigenvalue weighted by molar-refractivity contribution is 0.965. The first-order valence-electron chi connectivity index (χ1n) is 7.19. The Kier molecular flexibility index (Phi) is 5.95. The normalized spacial score (nSPS) is 10.7. The van der Waals surface area contributed by atoms with Gasteiger partial charge in [0, 0.05) is 17.2 Å². The Labute approximate surface area is 136 Å². The molecule has 0 atom stereocenters. The summed E-state index contributed by atoms with van der Waals surface area (Å²) in [4.78, 5) is 5.90. The number of pyridine rings is 1. The molecule has 2 nitrogen and oxygen atoms in total. The van der Waals surface area contributed by atoms with Crippen LogP contribution in [0.15, 0.2) is 35.2 Å². The lowest BCUT2D eigenvalue weighted by atomic mass is 10.2. The zero-order valence-corrected chi connectivity index (χ0v) is 14.3. The maximum atomic E-state index is 6.26. The second-order valence-electron chi connectivity index (χ2n) is 5.11.